The second-order valence-corrected chi connectivity index (χ2v) is 8.58. The first-order valence-electron chi connectivity index (χ1n) is 6.52. The maximum absolute atomic E-state index is 8.65. The monoisotopic (exact) mass is 346 g/mol. The van der Waals surface area contributed by atoms with E-state index in [4.69, 9.17) is 14.9 Å². The van der Waals surface area contributed by atoms with Crippen LogP contribution < -0.4 is 0 Å². The van der Waals surface area contributed by atoms with Crippen molar-refractivity contribution in [1.29, 1.82) is 0 Å². The van der Waals surface area contributed by atoms with Crippen molar-refractivity contribution in [2.75, 3.05) is 59.2 Å². The fourth-order valence-corrected chi connectivity index (χ4v) is 4.54. The van der Waals surface area contributed by atoms with Crippen molar-refractivity contribution < 1.29 is 14.9 Å². The number of aliphatic hydroxyl groups excluding tert-OH is 1. The average molecular weight is 347 g/mol. The van der Waals surface area contributed by atoms with Gasteiger partial charge in [0.1, 0.15) is 0 Å². The van der Waals surface area contributed by atoms with Crippen LogP contribution in [0.1, 0.15) is 6.92 Å². The fourth-order valence-electron chi connectivity index (χ4n) is 1.11. The van der Waals surface area contributed by atoms with Crippen molar-refractivity contribution in [3.8, 4) is 0 Å². The first-order chi connectivity index (χ1) is 9.27. The van der Waals surface area contributed by atoms with Gasteiger partial charge in [0.15, 0.2) is 6.29 Å². The van der Waals surface area contributed by atoms with Gasteiger partial charge in [-0.2, -0.15) is 47.0 Å². The molecular formula is C12H26O3S4. The number of rotatable bonds is 15. The van der Waals surface area contributed by atoms with Gasteiger partial charge in [-0.1, -0.05) is 6.92 Å². The van der Waals surface area contributed by atoms with Crippen molar-refractivity contribution in [3.05, 3.63) is 0 Å². The summed E-state index contributed by atoms with van der Waals surface area (Å²) in [7, 11) is 0. The molecule has 0 aromatic rings. The van der Waals surface area contributed by atoms with Crippen molar-refractivity contribution in [3.63, 3.8) is 0 Å². The molecule has 0 radical (unpaired) electrons. The molecule has 0 aliphatic carbocycles. The van der Waals surface area contributed by atoms with Gasteiger partial charge in [-0.3, -0.25) is 0 Å². The standard InChI is InChI=1S/C12H26O3S4/c1-2-16-7-8-17-5-3-15-4-6-18-9-10-19-11-12(13)14/h12-14H,2-11H2,1H3. The van der Waals surface area contributed by atoms with E-state index in [1.165, 1.54) is 17.3 Å². The normalized spacial score (nSPS) is 11.4. The van der Waals surface area contributed by atoms with E-state index in [9.17, 15) is 0 Å². The topological polar surface area (TPSA) is 49.7 Å². The molecule has 0 heterocycles. The number of hydrogen-bond donors (Lipinski definition) is 2. The molecule has 0 bridgehead atoms. The van der Waals surface area contributed by atoms with E-state index in [-0.39, 0.29) is 0 Å². The van der Waals surface area contributed by atoms with Crippen LogP contribution in [0.5, 0.6) is 0 Å². The highest BCUT2D eigenvalue weighted by Crippen LogP contribution is 2.08. The fraction of sp³-hybridized carbons (Fsp3) is 1.00. The minimum absolute atomic E-state index is 0.407. The van der Waals surface area contributed by atoms with Crippen molar-refractivity contribution in [2.24, 2.45) is 0 Å². The Labute approximate surface area is 134 Å². The summed E-state index contributed by atoms with van der Waals surface area (Å²) in [6.07, 6.45) is -1.17. The molecular weight excluding hydrogens is 320 g/mol. The predicted molar refractivity (Wildman–Crippen MR) is 94.0 cm³/mol. The minimum Gasteiger partial charge on any atom is -0.380 e. The van der Waals surface area contributed by atoms with Gasteiger partial charge in [-0.25, -0.2) is 0 Å². The van der Waals surface area contributed by atoms with E-state index < -0.39 is 6.29 Å². The van der Waals surface area contributed by atoms with E-state index in [2.05, 4.69) is 6.92 Å². The van der Waals surface area contributed by atoms with Crippen LogP contribution in [0.2, 0.25) is 0 Å². The van der Waals surface area contributed by atoms with Gasteiger partial charge in [-0.15, -0.1) is 0 Å². The zero-order valence-corrected chi connectivity index (χ0v) is 14.9. The molecule has 0 fully saturated rings. The summed E-state index contributed by atoms with van der Waals surface area (Å²) >= 11 is 7.40. The van der Waals surface area contributed by atoms with Crippen LogP contribution in [0.4, 0.5) is 0 Å². The molecule has 0 atom stereocenters. The Hall–Kier alpha value is 1.28. The van der Waals surface area contributed by atoms with Gasteiger partial charge >= 0.3 is 0 Å². The zero-order valence-electron chi connectivity index (χ0n) is 11.6. The van der Waals surface area contributed by atoms with E-state index in [0.29, 0.717) is 5.75 Å². The Balaban J connectivity index is 2.91. The van der Waals surface area contributed by atoms with Crippen molar-refractivity contribution in [1.82, 2.24) is 0 Å². The summed E-state index contributed by atoms with van der Waals surface area (Å²) in [6.45, 7) is 3.87. The van der Waals surface area contributed by atoms with Crippen LogP contribution in [0.15, 0.2) is 0 Å². The molecule has 3 nitrogen and oxygen atoms in total. The van der Waals surface area contributed by atoms with Crippen molar-refractivity contribution >= 4 is 47.0 Å². The van der Waals surface area contributed by atoms with Crippen LogP contribution in [0.25, 0.3) is 0 Å². The molecule has 0 saturated heterocycles. The maximum Gasteiger partial charge on any atom is 0.160 e. The molecule has 0 spiro atoms. The van der Waals surface area contributed by atoms with E-state index >= 15 is 0 Å². The third-order valence-electron chi connectivity index (χ3n) is 1.96. The summed E-state index contributed by atoms with van der Waals surface area (Å²) in [5.41, 5.74) is 0. The SMILES string of the molecule is CCSCCSCCOCCSCCSCC(O)O. The first-order valence-corrected chi connectivity index (χ1v) is 11.1. The summed E-state index contributed by atoms with van der Waals surface area (Å²) in [6, 6.07) is 0. The number of hydrogen-bond acceptors (Lipinski definition) is 7. The molecule has 116 valence electrons. The van der Waals surface area contributed by atoms with Crippen LogP contribution in [-0.2, 0) is 4.74 Å². The number of ether oxygens (including phenoxy) is 1. The molecule has 2 N–H and O–H groups in total. The molecule has 0 aliphatic heterocycles. The molecule has 0 unspecified atom stereocenters. The highest BCUT2D eigenvalue weighted by Gasteiger charge is 1.97. The largest absolute Gasteiger partial charge is 0.380 e. The Morgan fingerprint density at radius 1 is 0.789 bits per heavy atom. The quantitative estimate of drug-likeness (QED) is 0.348. The molecule has 0 amide bonds. The third-order valence-corrected chi connectivity index (χ3v) is 6.30. The highest BCUT2D eigenvalue weighted by atomic mass is 32.2. The Kier molecular flexibility index (Phi) is 18.5. The van der Waals surface area contributed by atoms with Gasteiger partial charge in [0.25, 0.3) is 0 Å². The Morgan fingerprint density at radius 2 is 1.32 bits per heavy atom. The Morgan fingerprint density at radius 3 is 1.84 bits per heavy atom. The van der Waals surface area contributed by atoms with Crippen LogP contribution in [0, 0.1) is 0 Å². The van der Waals surface area contributed by atoms with Crippen LogP contribution in [0.3, 0.4) is 0 Å². The van der Waals surface area contributed by atoms with Gasteiger partial charge < -0.3 is 14.9 Å². The van der Waals surface area contributed by atoms with Gasteiger partial charge in [0, 0.05) is 40.3 Å². The number of thioether (sulfide) groups is 4. The second kappa shape index (κ2) is 17.3. The lowest BCUT2D eigenvalue weighted by molar-refractivity contribution is -0.0186. The number of aliphatic hydroxyl groups is 2. The molecule has 0 saturated carbocycles. The van der Waals surface area contributed by atoms with Gasteiger partial charge in [0.05, 0.1) is 13.2 Å². The van der Waals surface area contributed by atoms with E-state index in [1.54, 1.807) is 11.8 Å². The Bertz CT molecular complexity index is 173. The predicted octanol–water partition coefficient (Wildman–Crippen LogP) is 2.27. The average Bonchev–Trinajstić information content (AvgIpc) is 2.39. The minimum atomic E-state index is -1.17. The third kappa shape index (κ3) is 19.3. The van der Waals surface area contributed by atoms with Crippen LogP contribution in [-0.4, -0.2) is 75.7 Å². The zero-order chi connectivity index (χ0) is 14.2. The lowest BCUT2D eigenvalue weighted by Gasteiger charge is -2.05. The second-order valence-electron chi connectivity index (χ2n) is 3.59. The van der Waals surface area contributed by atoms with E-state index in [0.717, 1.165) is 36.2 Å². The summed E-state index contributed by atoms with van der Waals surface area (Å²) < 4.78 is 5.55. The summed E-state index contributed by atoms with van der Waals surface area (Å²) in [5, 5.41) is 17.3. The molecule has 7 heteroatoms. The van der Waals surface area contributed by atoms with Crippen LogP contribution >= 0.6 is 47.0 Å². The lowest BCUT2D eigenvalue weighted by atomic mass is 10.8. The highest BCUT2D eigenvalue weighted by molar-refractivity contribution is 8.03. The maximum atomic E-state index is 8.65. The first kappa shape index (κ1) is 20.3. The van der Waals surface area contributed by atoms with Gasteiger partial charge in [-0.05, 0) is 5.75 Å². The molecule has 19 heavy (non-hydrogen) atoms. The molecule has 0 rings (SSSR count). The van der Waals surface area contributed by atoms with Gasteiger partial charge in [0.2, 0.25) is 0 Å². The van der Waals surface area contributed by atoms with E-state index in [1.807, 2.05) is 35.3 Å². The summed E-state index contributed by atoms with van der Waals surface area (Å²) in [5.74, 6) is 8.23. The smallest absolute Gasteiger partial charge is 0.160 e. The molecule has 0 aromatic carbocycles. The molecule has 0 aliphatic rings. The summed E-state index contributed by atoms with van der Waals surface area (Å²) in [4.78, 5) is 0. The lowest BCUT2D eigenvalue weighted by Crippen LogP contribution is -2.08. The molecule has 0 aromatic heterocycles. The van der Waals surface area contributed by atoms with Crippen molar-refractivity contribution in [2.45, 2.75) is 13.2 Å².